The van der Waals surface area contributed by atoms with Gasteiger partial charge in [0, 0.05) is 25.2 Å². The Balaban J connectivity index is 1.47. The predicted molar refractivity (Wildman–Crippen MR) is 96.2 cm³/mol. The van der Waals surface area contributed by atoms with Crippen LogP contribution in [0.3, 0.4) is 0 Å². The molecule has 3 rings (SSSR count). The van der Waals surface area contributed by atoms with Crippen molar-refractivity contribution in [3.63, 3.8) is 0 Å². The van der Waals surface area contributed by atoms with Gasteiger partial charge in [-0.05, 0) is 48.2 Å². The number of fused-ring (bicyclic) bond motifs is 1. The van der Waals surface area contributed by atoms with Crippen LogP contribution in [0.15, 0.2) is 42.5 Å². The fourth-order valence-corrected chi connectivity index (χ4v) is 3.11. The Hall–Kier alpha value is -2.20. The van der Waals surface area contributed by atoms with Crippen molar-refractivity contribution in [2.45, 2.75) is 25.8 Å². The molecule has 0 saturated carbocycles. The van der Waals surface area contributed by atoms with Gasteiger partial charge in [-0.25, -0.2) is 0 Å². The second kappa shape index (κ2) is 7.58. The van der Waals surface area contributed by atoms with Gasteiger partial charge in [0.25, 0.3) is 0 Å². The van der Waals surface area contributed by atoms with Gasteiger partial charge in [-0.15, -0.1) is 0 Å². The summed E-state index contributed by atoms with van der Waals surface area (Å²) < 4.78 is 5.63. The summed E-state index contributed by atoms with van der Waals surface area (Å²) in [5, 5.41) is 0.592. The molecular weight excluding hydrogens is 324 g/mol. The summed E-state index contributed by atoms with van der Waals surface area (Å²) >= 11 is 6.04. The van der Waals surface area contributed by atoms with Crippen LogP contribution in [0.5, 0.6) is 5.75 Å². The van der Waals surface area contributed by atoms with Crippen molar-refractivity contribution in [2.75, 3.05) is 18.9 Å². The number of amides is 1. The van der Waals surface area contributed by atoms with Gasteiger partial charge < -0.3 is 15.4 Å². The molecule has 0 atom stereocenters. The smallest absolute Gasteiger partial charge is 0.223 e. The van der Waals surface area contributed by atoms with Gasteiger partial charge in [0.15, 0.2) is 0 Å². The number of carbonyl (C=O) groups excluding carboxylic acids is 1. The maximum Gasteiger partial charge on any atom is 0.223 e. The van der Waals surface area contributed by atoms with E-state index < -0.39 is 0 Å². The molecular formula is C19H21ClN2O2. The summed E-state index contributed by atoms with van der Waals surface area (Å²) in [6, 6.07) is 13.3. The second-order valence-corrected chi connectivity index (χ2v) is 6.38. The standard InChI is InChI=1S/C19H21ClN2O2/c20-17-4-1-2-5-18(17)24-11-3-6-19(23)22-10-9-14-7-8-16(21)12-15(14)13-22/h1-2,4-5,7-8,12H,3,6,9-11,13,21H2. The lowest BCUT2D eigenvalue weighted by Gasteiger charge is -2.29. The van der Waals surface area contributed by atoms with Crippen LogP contribution < -0.4 is 10.5 Å². The average molecular weight is 345 g/mol. The molecule has 1 aliphatic heterocycles. The van der Waals surface area contributed by atoms with E-state index >= 15 is 0 Å². The molecule has 2 aromatic rings. The van der Waals surface area contributed by atoms with Crippen molar-refractivity contribution >= 4 is 23.2 Å². The van der Waals surface area contributed by atoms with Crippen molar-refractivity contribution in [3.8, 4) is 5.75 Å². The van der Waals surface area contributed by atoms with E-state index in [4.69, 9.17) is 22.1 Å². The highest BCUT2D eigenvalue weighted by atomic mass is 35.5. The third-order valence-corrected chi connectivity index (χ3v) is 4.54. The van der Waals surface area contributed by atoms with Crippen molar-refractivity contribution in [3.05, 3.63) is 58.6 Å². The maximum absolute atomic E-state index is 12.4. The number of rotatable bonds is 5. The van der Waals surface area contributed by atoms with Crippen LogP contribution in [0.25, 0.3) is 0 Å². The Morgan fingerprint density at radius 1 is 1.21 bits per heavy atom. The molecule has 4 nitrogen and oxygen atoms in total. The van der Waals surface area contributed by atoms with E-state index in [1.54, 1.807) is 6.07 Å². The van der Waals surface area contributed by atoms with Gasteiger partial charge in [-0.3, -0.25) is 4.79 Å². The Kier molecular flexibility index (Phi) is 5.26. The molecule has 126 valence electrons. The van der Waals surface area contributed by atoms with E-state index in [0.29, 0.717) is 36.8 Å². The van der Waals surface area contributed by atoms with E-state index in [1.807, 2.05) is 35.2 Å². The molecule has 1 heterocycles. The van der Waals surface area contributed by atoms with Gasteiger partial charge in [0.1, 0.15) is 5.75 Å². The molecule has 0 aromatic heterocycles. The lowest BCUT2D eigenvalue weighted by molar-refractivity contribution is -0.132. The monoisotopic (exact) mass is 344 g/mol. The Bertz CT molecular complexity index is 733. The van der Waals surface area contributed by atoms with Gasteiger partial charge in [-0.2, -0.15) is 0 Å². The molecule has 0 spiro atoms. The van der Waals surface area contributed by atoms with Crippen LogP contribution in [0.1, 0.15) is 24.0 Å². The van der Waals surface area contributed by atoms with Crippen molar-refractivity contribution in [1.82, 2.24) is 4.90 Å². The highest BCUT2D eigenvalue weighted by molar-refractivity contribution is 6.32. The molecule has 0 radical (unpaired) electrons. The summed E-state index contributed by atoms with van der Waals surface area (Å²) in [5.41, 5.74) is 9.03. The fraction of sp³-hybridized carbons (Fsp3) is 0.316. The summed E-state index contributed by atoms with van der Waals surface area (Å²) in [5.74, 6) is 0.819. The topological polar surface area (TPSA) is 55.6 Å². The van der Waals surface area contributed by atoms with Gasteiger partial charge in [0.2, 0.25) is 5.91 Å². The number of hydrogen-bond acceptors (Lipinski definition) is 3. The van der Waals surface area contributed by atoms with Crippen LogP contribution in [-0.2, 0) is 17.8 Å². The molecule has 0 unspecified atom stereocenters. The summed E-state index contributed by atoms with van der Waals surface area (Å²) in [4.78, 5) is 14.3. The first kappa shape index (κ1) is 16.7. The van der Waals surface area contributed by atoms with E-state index in [-0.39, 0.29) is 5.91 Å². The van der Waals surface area contributed by atoms with Crippen LogP contribution in [-0.4, -0.2) is 24.0 Å². The summed E-state index contributed by atoms with van der Waals surface area (Å²) in [7, 11) is 0. The number of ether oxygens (including phenoxy) is 1. The Morgan fingerprint density at radius 3 is 2.88 bits per heavy atom. The first-order chi connectivity index (χ1) is 11.6. The van der Waals surface area contributed by atoms with Crippen molar-refractivity contribution in [1.29, 1.82) is 0 Å². The first-order valence-electron chi connectivity index (χ1n) is 8.16. The fourth-order valence-electron chi connectivity index (χ4n) is 2.92. The molecule has 1 aliphatic rings. The highest BCUT2D eigenvalue weighted by Crippen LogP contribution is 2.24. The minimum atomic E-state index is 0.158. The molecule has 2 N–H and O–H groups in total. The molecule has 0 aliphatic carbocycles. The summed E-state index contributed by atoms with van der Waals surface area (Å²) in [6.45, 7) is 1.89. The number of nitrogen functional groups attached to an aromatic ring is 1. The second-order valence-electron chi connectivity index (χ2n) is 5.98. The SMILES string of the molecule is Nc1ccc2c(c1)CN(C(=O)CCCOc1ccccc1Cl)CC2. The number of nitrogens with zero attached hydrogens (tertiary/aromatic N) is 1. The number of benzene rings is 2. The zero-order valence-electron chi connectivity index (χ0n) is 13.5. The number of halogens is 1. The maximum atomic E-state index is 12.4. The Morgan fingerprint density at radius 2 is 2.04 bits per heavy atom. The molecule has 0 bridgehead atoms. The lowest BCUT2D eigenvalue weighted by Crippen LogP contribution is -2.36. The number of carbonyl (C=O) groups is 1. The van der Waals surface area contributed by atoms with E-state index in [1.165, 1.54) is 5.56 Å². The molecule has 0 saturated heterocycles. The van der Waals surface area contributed by atoms with Gasteiger partial charge in [-0.1, -0.05) is 29.8 Å². The third kappa shape index (κ3) is 4.01. The van der Waals surface area contributed by atoms with Crippen LogP contribution in [0.2, 0.25) is 5.02 Å². The third-order valence-electron chi connectivity index (χ3n) is 4.22. The van der Waals surface area contributed by atoms with Crippen molar-refractivity contribution in [2.24, 2.45) is 0 Å². The number of anilines is 1. The minimum absolute atomic E-state index is 0.158. The zero-order valence-corrected chi connectivity index (χ0v) is 14.3. The minimum Gasteiger partial charge on any atom is -0.492 e. The number of hydrogen-bond donors (Lipinski definition) is 1. The molecule has 2 aromatic carbocycles. The normalized spacial score (nSPS) is 13.5. The molecule has 0 fully saturated rings. The van der Waals surface area contributed by atoms with E-state index in [0.717, 1.165) is 24.2 Å². The van der Waals surface area contributed by atoms with Crippen LogP contribution in [0.4, 0.5) is 5.69 Å². The van der Waals surface area contributed by atoms with E-state index in [9.17, 15) is 4.79 Å². The molecule has 5 heteroatoms. The Labute approximate surface area is 147 Å². The first-order valence-corrected chi connectivity index (χ1v) is 8.53. The zero-order chi connectivity index (χ0) is 16.9. The van der Waals surface area contributed by atoms with Gasteiger partial charge in [0.05, 0.1) is 11.6 Å². The average Bonchev–Trinajstić information content (AvgIpc) is 2.59. The molecule has 24 heavy (non-hydrogen) atoms. The quantitative estimate of drug-likeness (QED) is 0.665. The highest BCUT2D eigenvalue weighted by Gasteiger charge is 2.20. The van der Waals surface area contributed by atoms with Crippen molar-refractivity contribution < 1.29 is 9.53 Å². The van der Waals surface area contributed by atoms with Gasteiger partial charge >= 0.3 is 0 Å². The molecule has 1 amide bonds. The largest absolute Gasteiger partial charge is 0.492 e. The predicted octanol–water partition coefficient (Wildman–Crippen LogP) is 3.67. The van der Waals surface area contributed by atoms with Crippen LogP contribution in [0, 0.1) is 0 Å². The van der Waals surface area contributed by atoms with Crippen LogP contribution >= 0.6 is 11.6 Å². The van der Waals surface area contributed by atoms with E-state index in [2.05, 4.69) is 6.07 Å². The number of nitrogens with two attached hydrogens (primary N) is 1. The number of para-hydroxylation sites is 1. The lowest BCUT2D eigenvalue weighted by atomic mass is 9.99. The summed E-state index contributed by atoms with van der Waals surface area (Å²) in [6.07, 6.45) is 2.03.